The largest absolute Gasteiger partial charge is 0.344 e. The molecule has 0 fully saturated rings. The van der Waals surface area contributed by atoms with Gasteiger partial charge in [0.15, 0.2) is 0 Å². The van der Waals surface area contributed by atoms with Crippen LogP contribution in [0.15, 0.2) is 16.8 Å². The predicted octanol–water partition coefficient (Wildman–Crippen LogP) is 2.53. The average Bonchev–Trinajstić information content (AvgIpc) is 2.55. The fourth-order valence-electron chi connectivity index (χ4n) is 1.18. The summed E-state index contributed by atoms with van der Waals surface area (Å²) in [5.41, 5.74) is 1.11. The summed E-state index contributed by atoms with van der Waals surface area (Å²) < 4.78 is 0. The summed E-state index contributed by atoms with van der Waals surface area (Å²) >= 11 is 5.06. The molecule has 14 heavy (non-hydrogen) atoms. The number of hydrogen-bond acceptors (Lipinski definition) is 2. The molecule has 0 aliphatic heterocycles. The van der Waals surface area contributed by atoms with Crippen molar-refractivity contribution in [1.29, 1.82) is 0 Å². The van der Waals surface area contributed by atoms with Crippen molar-refractivity contribution in [2.75, 3.05) is 13.6 Å². The van der Waals surface area contributed by atoms with Crippen molar-refractivity contribution in [2.45, 2.75) is 18.2 Å². The summed E-state index contributed by atoms with van der Waals surface area (Å²) in [6.45, 7) is 2.79. The average molecular weight is 276 g/mol. The number of rotatable bonds is 4. The fraction of sp³-hybridized carbons (Fsp3) is 0.500. The second-order valence-corrected chi connectivity index (χ2v) is 5.71. The van der Waals surface area contributed by atoms with Crippen LogP contribution in [0.1, 0.15) is 12.5 Å². The summed E-state index contributed by atoms with van der Waals surface area (Å²) in [5.74, 6) is 0.176. The predicted molar refractivity (Wildman–Crippen MR) is 64.0 cm³/mol. The Morgan fingerprint density at radius 2 is 2.43 bits per heavy atom. The van der Waals surface area contributed by atoms with Gasteiger partial charge in [0.1, 0.15) is 0 Å². The molecule has 0 radical (unpaired) electrons. The van der Waals surface area contributed by atoms with Crippen molar-refractivity contribution in [3.05, 3.63) is 22.4 Å². The highest BCUT2D eigenvalue weighted by Crippen LogP contribution is 2.08. The third kappa shape index (κ3) is 3.80. The van der Waals surface area contributed by atoms with E-state index in [1.807, 2.05) is 30.8 Å². The molecule has 0 aromatic carbocycles. The first-order chi connectivity index (χ1) is 6.59. The van der Waals surface area contributed by atoms with E-state index in [-0.39, 0.29) is 5.91 Å². The zero-order chi connectivity index (χ0) is 10.6. The number of amides is 1. The first kappa shape index (κ1) is 11.7. The number of hydrogen-bond donors (Lipinski definition) is 0. The Hall–Kier alpha value is -0.350. The molecule has 1 unspecified atom stereocenters. The van der Waals surface area contributed by atoms with Gasteiger partial charge in [0.25, 0.3) is 0 Å². The van der Waals surface area contributed by atoms with Gasteiger partial charge in [-0.15, -0.1) is 0 Å². The Morgan fingerprint density at radius 1 is 1.71 bits per heavy atom. The van der Waals surface area contributed by atoms with E-state index < -0.39 is 0 Å². The van der Waals surface area contributed by atoms with Gasteiger partial charge < -0.3 is 4.90 Å². The molecular weight excluding hydrogens is 262 g/mol. The molecule has 78 valence electrons. The van der Waals surface area contributed by atoms with E-state index in [4.69, 9.17) is 0 Å². The van der Waals surface area contributed by atoms with Crippen molar-refractivity contribution in [1.82, 2.24) is 4.90 Å². The molecule has 0 bridgehead atoms. The fourth-order valence-corrected chi connectivity index (χ4v) is 2.28. The lowest BCUT2D eigenvalue weighted by atomic mass is 10.2. The first-order valence-corrected chi connectivity index (χ1v) is 6.34. The van der Waals surface area contributed by atoms with Crippen molar-refractivity contribution in [2.24, 2.45) is 0 Å². The maximum absolute atomic E-state index is 11.7. The number of likely N-dealkylation sites (N-methyl/N-ethyl adjacent to an activating group) is 1. The van der Waals surface area contributed by atoms with E-state index in [0.29, 0.717) is 11.2 Å². The molecule has 0 aliphatic carbocycles. The normalized spacial score (nSPS) is 12.5. The Labute approximate surface area is 97.1 Å². The van der Waals surface area contributed by atoms with Gasteiger partial charge >= 0.3 is 0 Å². The summed E-state index contributed by atoms with van der Waals surface area (Å²) in [6, 6.07) is 1.99. The lowest BCUT2D eigenvalue weighted by molar-refractivity contribution is -0.129. The van der Waals surface area contributed by atoms with Gasteiger partial charge in [-0.2, -0.15) is 11.3 Å². The molecule has 1 rings (SSSR count). The van der Waals surface area contributed by atoms with Crippen LogP contribution >= 0.6 is 27.3 Å². The third-order valence-corrected chi connectivity index (χ3v) is 2.91. The lowest BCUT2D eigenvalue weighted by Crippen LogP contribution is -2.32. The van der Waals surface area contributed by atoms with Crippen LogP contribution in [0.3, 0.4) is 0 Å². The molecule has 0 saturated carbocycles. The number of halogens is 1. The number of nitrogens with zero attached hydrogens (tertiary/aromatic N) is 1. The van der Waals surface area contributed by atoms with Gasteiger partial charge in [0.2, 0.25) is 5.91 Å². The minimum absolute atomic E-state index is 0.176. The quantitative estimate of drug-likeness (QED) is 0.774. The van der Waals surface area contributed by atoms with Crippen LogP contribution in [0.5, 0.6) is 0 Å². The number of thiophene rings is 1. The highest BCUT2D eigenvalue weighted by atomic mass is 79.9. The molecule has 2 nitrogen and oxygen atoms in total. The molecule has 0 spiro atoms. The monoisotopic (exact) mass is 275 g/mol. The zero-order valence-corrected chi connectivity index (χ0v) is 10.8. The molecule has 1 heterocycles. The minimum atomic E-state index is 0.176. The van der Waals surface area contributed by atoms with Crippen LogP contribution in [0.2, 0.25) is 0 Å². The van der Waals surface area contributed by atoms with E-state index >= 15 is 0 Å². The second-order valence-electron chi connectivity index (χ2n) is 3.36. The van der Waals surface area contributed by atoms with E-state index in [2.05, 4.69) is 15.9 Å². The summed E-state index contributed by atoms with van der Waals surface area (Å²) in [4.78, 5) is 13.8. The number of alkyl halides is 1. The van der Waals surface area contributed by atoms with E-state index in [0.717, 1.165) is 12.1 Å². The molecule has 1 aromatic heterocycles. The van der Waals surface area contributed by atoms with Crippen molar-refractivity contribution >= 4 is 33.2 Å². The van der Waals surface area contributed by atoms with E-state index in [1.165, 1.54) is 0 Å². The second kappa shape index (κ2) is 5.51. The number of carbonyl (C=O) groups excluding carboxylic acids is 1. The van der Waals surface area contributed by atoms with Crippen LogP contribution in [-0.2, 0) is 11.2 Å². The van der Waals surface area contributed by atoms with Crippen molar-refractivity contribution in [3.8, 4) is 0 Å². The standard InChI is InChI=1S/C10H14BrNOS/c1-8(11)6-12(2)10(13)5-9-3-4-14-7-9/h3-4,7-8H,5-6H2,1-2H3. The van der Waals surface area contributed by atoms with Gasteiger partial charge in [0, 0.05) is 18.4 Å². The minimum Gasteiger partial charge on any atom is -0.344 e. The molecule has 0 N–H and O–H groups in total. The summed E-state index contributed by atoms with van der Waals surface area (Å²) in [7, 11) is 1.84. The van der Waals surface area contributed by atoms with Gasteiger partial charge in [-0.1, -0.05) is 22.9 Å². The van der Waals surface area contributed by atoms with Gasteiger partial charge in [-0.3, -0.25) is 4.79 Å². The van der Waals surface area contributed by atoms with Gasteiger partial charge in [-0.05, 0) is 22.4 Å². The van der Waals surface area contributed by atoms with Crippen molar-refractivity contribution < 1.29 is 4.79 Å². The maximum atomic E-state index is 11.7. The molecule has 1 amide bonds. The van der Waals surface area contributed by atoms with Crippen LogP contribution < -0.4 is 0 Å². The van der Waals surface area contributed by atoms with E-state index in [1.54, 1.807) is 16.2 Å². The lowest BCUT2D eigenvalue weighted by Gasteiger charge is -2.18. The Morgan fingerprint density at radius 3 is 2.93 bits per heavy atom. The van der Waals surface area contributed by atoms with Crippen molar-refractivity contribution in [3.63, 3.8) is 0 Å². The molecule has 0 saturated heterocycles. The molecule has 0 aliphatic rings. The van der Waals surface area contributed by atoms with Crippen LogP contribution in [-0.4, -0.2) is 29.2 Å². The van der Waals surface area contributed by atoms with Gasteiger partial charge in [0.05, 0.1) is 6.42 Å². The third-order valence-electron chi connectivity index (χ3n) is 1.89. The van der Waals surface area contributed by atoms with Crippen LogP contribution in [0.4, 0.5) is 0 Å². The van der Waals surface area contributed by atoms with Crippen LogP contribution in [0.25, 0.3) is 0 Å². The van der Waals surface area contributed by atoms with Crippen LogP contribution in [0, 0.1) is 0 Å². The first-order valence-electron chi connectivity index (χ1n) is 4.48. The van der Waals surface area contributed by atoms with E-state index in [9.17, 15) is 4.79 Å². The topological polar surface area (TPSA) is 20.3 Å². The maximum Gasteiger partial charge on any atom is 0.226 e. The number of carbonyl (C=O) groups is 1. The molecular formula is C10H14BrNOS. The Kier molecular flexibility index (Phi) is 4.62. The van der Waals surface area contributed by atoms with Gasteiger partial charge in [-0.25, -0.2) is 0 Å². The summed E-state index contributed by atoms with van der Waals surface area (Å²) in [6.07, 6.45) is 0.514. The highest BCUT2D eigenvalue weighted by Gasteiger charge is 2.11. The SMILES string of the molecule is CC(Br)CN(C)C(=O)Cc1ccsc1. The Bertz CT molecular complexity index is 284. The Balaban J connectivity index is 2.42. The molecule has 1 aromatic rings. The zero-order valence-electron chi connectivity index (χ0n) is 8.37. The summed E-state index contributed by atoms with van der Waals surface area (Å²) in [5, 5.41) is 4.01. The smallest absolute Gasteiger partial charge is 0.226 e. The highest BCUT2D eigenvalue weighted by molar-refractivity contribution is 9.09. The molecule has 4 heteroatoms. The molecule has 1 atom stereocenters.